The first kappa shape index (κ1) is 21.4. The average molecular weight is 444 g/mol. The molecule has 1 saturated heterocycles. The lowest BCUT2D eigenvalue weighted by Crippen LogP contribution is -2.40. The first-order valence-corrected chi connectivity index (χ1v) is 11.5. The molecule has 31 heavy (non-hydrogen) atoms. The molecule has 4 rings (SSSR count). The predicted octanol–water partition coefficient (Wildman–Crippen LogP) is 2.17. The number of sulfonamides is 1. The molecule has 2 heterocycles. The van der Waals surface area contributed by atoms with Crippen LogP contribution in [0.3, 0.4) is 0 Å². The van der Waals surface area contributed by atoms with Crippen molar-refractivity contribution in [3.63, 3.8) is 0 Å². The number of aliphatic hydroxyl groups excluding tert-OH is 1. The third-order valence-electron chi connectivity index (χ3n) is 5.73. The molecule has 1 aliphatic rings. The van der Waals surface area contributed by atoms with Crippen molar-refractivity contribution in [3.05, 3.63) is 59.4 Å². The van der Waals surface area contributed by atoms with Gasteiger partial charge in [0, 0.05) is 6.04 Å². The summed E-state index contributed by atoms with van der Waals surface area (Å²) in [5, 5.41) is 22.2. The number of hydrogen-bond acceptors (Lipinski definition) is 7. The number of aromatic nitrogens is 4. The van der Waals surface area contributed by atoms with Crippen molar-refractivity contribution >= 4 is 10.0 Å². The van der Waals surface area contributed by atoms with Crippen LogP contribution in [0.15, 0.2) is 47.4 Å². The predicted molar refractivity (Wildman–Crippen MR) is 113 cm³/mol. The SMILES string of the molecule is COc1ccc(S(=O)(=O)N2[C@H](CO)CC[C@@H]2c2nnnn2-c2c(C)cccc2C)cc1. The second-order valence-electron chi connectivity index (χ2n) is 7.63. The Morgan fingerprint density at radius 2 is 1.77 bits per heavy atom. The van der Waals surface area contributed by atoms with Gasteiger partial charge in [-0.1, -0.05) is 18.2 Å². The summed E-state index contributed by atoms with van der Waals surface area (Å²) in [4.78, 5) is 0.129. The first-order chi connectivity index (χ1) is 14.9. The van der Waals surface area contributed by atoms with Crippen LogP contribution in [0.5, 0.6) is 5.75 Å². The van der Waals surface area contributed by atoms with Crippen LogP contribution >= 0.6 is 0 Å². The summed E-state index contributed by atoms with van der Waals surface area (Å²) >= 11 is 0. The van der Waals surface area contributed by atoms with Gasteiger partial charge < -0.3 is 9.84 Å². The average Bonchev–Trinajstić information content (AvgIpc) is 3.40. The van der Waals surface area contributed by atoms with E-state index < -0.39 is 22.1 Å². The Balaban J connectivity index is 1.80. The molecule has 3 aromatic rings. The normalized spacial score (nSPS) is 19.6. The highest BCUT2D eigenvalue weighted by atomic mass is 32.2. The summed E-state index contributed by atoms with van der Waals surface area (Å²) in [7, 11) is -2.39. The summed E-state index contributed by atoms with van der Waals surface area (Å²) in [6, 6.07) is 10.9. The van der Waals surface area contributed by atoms with E-state index in [1.165, 1.54) is 23.5 Å². The Morgan fingerprint density at radius 3 is 2.39 bits per heavy atom. The minimum absolute atomic E-state index is 0.129. The molecular formula is C21H25N5O4S. The van der Waals surface area contributed by atoms with Crippen molar-refractivity contribution in [1.82, 2.24) is 24.5 Å². The number of aliphatic hydroxyl groups is 1. The molecule has 2 aromatic carbocycles. The van der Waals surface area contributed by atoms with Gasteiger partial charge in [0.15, 0.2) is 5.82 Å². The molecule has 0 amide bonds. The number of hydrogen-bond donors (Lipinski definition) is 1. The Kier molecular flexibility index (Phi) is 5.78. The number of aryl methyl sites for hydroxylation is 2. The van der Waals surface area contributed by atoms with E-state index in [-0.39, 0.29) is 11.5 Å². The van der Waals surface area contributed by atoms with Gasteiger partial charge in [-0.05, 0) is 72.5 Å². The van der Waals surface area contributed by atoms with Gasteiger partial charge in [-0.2, -0.15) is 8.99 Å². The molecular weight excluding hydrogens is 418 g/mol. The number of ether oxygens (including phenoxy) is 1. The summed E-state index contributed by atoms with van der Waals surface area (Å²) in [6.07, 6.45) is 1.02. The van der Waals surface area contributed by atoms with E-state index in [1.54, 1.807) is 16.8 Å². The van der Waals surface area contributed by atoms with Crippen LogP contribution in [0.1, 0.15) is 35.8 Å². The van der Waals surface area contributed by atoms with E-state index in [0.29, 0.717) is 24.4 Å². The Labute approximate surface area is 181 Å². The van der Waals surface area contributed by atoms with Gasteiger partial charge in [0.2, 0.25) is 10.0 Å². The molecule has 1 aromatic heterocycles. The highest BCUT2D eigenvalue weighted by Gasteiger charge is 2.45. The summed E-state index contributed by atoms with van der Waals surface area (Å²) in [6.45, 7) is 3.65. The summed E-state index contributed by atoms with van der Waals surface area (Å²) in [5.74, 6) is 1.00. The van der Waals surface area contributed by atoms with Crippen molar-refractivity contribution < 1.29 is 18.3 Å². The van der Waals surface area contributed by atoms with E-state index in [0.717, 1.165) is 16.8 Å². The van der Waals surface area contributed by atoms with Gasteiger partial charge in [0.1, 0.15) is 5.75 Å². The molecule has 10 heteroatoms. The largest absolute Gasteiger partial charge is 0.497 e. The monoisotopic (exact) mass is 443 g/mol. The van der Waals surface area contributed by atoms with E-state index in [4.69, 9.17) is 4.74 Å². The van der Waals surface area contributed by atoms with Crippen LogP contribution in [0.25, 0.3) is 5.69 Å². The fraction of sp³-hybridized carbons (Fsp3) is 0.381. The second-order valence-corrected chi connectivity index (χ2v) is 9.47. The molecule has 2 atom stereocenters. The lowest BCUT2D eigenvalue weighted by molar-refractivity contribution is 0.195. The van der Waals surface area contributed by atoms with Gasteiger partial charge >= 0.3 is 0 Å². The van der Waals surface area contributed by atoms with Crippen LogP contribution in [0.4, 0.5) is 0 Å². The van der Waals surface area contributed by atoms with Gasteiger partial charge in [0.05, 0.1) is 30.3 Å². The van der Waals surface area contributed by atoms with Gasteiger partial charge in [0.25, 0.3) is 0 Å². The molecule has 164 valence electrons. The highest BCUT2D eigenvalue weighted by molar-refractivity contribution is 7.89. The van der Waals surface area contributed by atoms with Crippen molar-refractivity contribution in [2.45, 2.75) is 43.7 Å². The first-order valence-electron chi connectivity index (χ1n) is 10.0. The standard InChI is InChI=1S/C21H25N5O4S/c1-14-5-4-6-15(2)20(14)25-21(22-23-24-25)19-12-7-16(13-27)26(19)31(28,29)18-10-8-17(30-3)9-11-18/h4-6,8-11,16,19,27H,7,12-13H2,1-3H3/t16-,19+/m0/s1. The maximum atomic E-state index is 13.6. The zero-order valence-electron chi connectivity index (χ0n) is 17.6. The van der Waals surface area contributed by atoms with Gasteiger partial charge in [-0.25, -0.2) is 8.42 Å². The summed E-state index contributed by atoms with van der Waals surface area (Å²) in [5.41, 5.74) is 2.79. The maximum absolute atomic E-state index is 13.6. The molecule has 0 spiro atoms. The van der Waals surface area contributed by atoms with E-state index in [2.05, 4.69) is 15.5 Å². The van der Waals surface area contributed by atoms with E-state index in [9.17, 15) is 13.5 Å². The Bertz CT molecular complexity index is 1160. The van der Waals surface area contributed by atoms with Gasteiger partial charge in [-0.15, -0.1) is 5.10 Å². The number of nitrogens with zero attached hydrogens (tertiary/aromatic N) is 5. The molecule has 9 nitrogen and oxygen atoms in total. The topological polar surface area (TPSA) is 110 Å². The van der Waals surface area contributed by atoms with Crippen LogP contribution < -0.4 is 4.74 Å². The minimum atomic E-state index is -3.91. The Hall–Kier alpha value is -2.82. The zero-order valence-corrected chi connectivity index (χ0v) is 18.5. The molecule has 0 unspecified atom stereocenters. The van der Waals surface area contributed by atoms with Crippen molar-refractivity contribution in [1.29, 1.82) is 0 Å². The molecule has 0 bridgehead atoms. The second kappa shape index (κ2) is 8.37. The zero-order chi connectivity index (χ0) is 22.2. The maximum Gasteiger partial charge on any atom is 0.244 e. The third kappa shape index (κ3) is 3.71. The number of rotatable bonds is 6. The van der Waals surface area contributed by atoms with Crippen molar-refractivity contribution in [2.75, 3.05) is 13.7 Å². The quantitative estimate of drug-likeness (QED) is 0.622. The van der Waals surface area contributed by atoms with Crippen molar-refractivity contribution in [2.24, 2.45) is 0 Å². The summed E-state index contributed by atoms with van der Waals surface area (Å²) < 4.78 is 35.3. The lowest BCUT2D eigenvalue weighted by atomic mass is 10.1. The number of tetrazole rings is 1. The molecule has 0 radical (unpaired) electrons. The number of methoxy groups -OCH3 is 1. The number of para-hydroxylation sites is 1. The van der Waals surface area contributed by atoms with Crippen molar-refractivity contribution in [3.8, 4) is 11.4 Å². The van der Waals surface area contributed by atoms with Crippen LogP contribution in [0.2, 0.25) is 0 Å². The lowest BCUT2D eigenvalue weighted by Gasteiger charge is -2.28. The third-order valence-corrected chi connectivity index (χ3v) is 7.70. The smallest absolute Gasteiger partial charge is 0.244 e. The van der Waals surface area contributed by atoms with Gasteiger partial charge in [-0.3, -0.25) is 0 Å². The molecule has 1 N–H and O–H groups in total. The molecule has 1 aliphatic heterocycles. The Morgan fingerprint density at radius 1 is 1.10 bits per heavy atom. The van der Waals surface area contributed by atoms with Crippen LogP contribution in [0, 0.1) is 13.8 Å². The molecule has 0 saturated carbocycles. The number of benzene rings is 2. The van der Waals surface area contributed by atoms with Crippen LogP contribution in [-0.2, 0) is 10.0 Å². The van der Waals surface area contributed by atoms with Crippen LogP contribution in [-0.4, -0.2) is 57.8 Å². The molecule has 1 fully saturated rings. The van der Waals surface area contributed by atoms with E-state index in [1.807, 2.05) is 32.0 Å². The van der Waals surface area contributed by atoms with E-state index >= 15 is 0 Å². The fourth-order valence-electron chi connectivity index (χ4n) is 4.21. The minimum Gasteiger partial charge on any atom is -0.497 e. The highest BCUT2D eigenvalue weighted by Crippen LogP contribution is 2.40. The fourth-order valence-corrected chi connectivity index (χ4v) is 6.03. The molecule has 0 aliphatic carbocycles.